The molecule has 142 valence electrons. The Morgan fingerprint density at radius 2 is 2.04 bits per heavy atom. The van der Waals surface area contributed by atoms with E-state index >= 15 is 0 Å². The average molecular weight is 435 g/mol. The van der Waals surface area contributed by atoms with Gasteiger partial charge in [0, 0.05) is 24.0 Å². The van der Waals surface area contributed by atoms with Crippen LogP contribution in [0.5, 0.6) is 0 Å². The third-order valence-corrected chi connectivity index (χ3v) is 6.22. The van der Waals surface area contributed by atoms with Gasteiger partial charge in [0.25, 0.3) is 5.91 Å². The monoisotopic (exact) mass is 433 g/mol. The van der Waals surface area contributed by atoms with Crippen LogP contribution in [0.15, 0.2) is 23.6 Å². The number of benzene rings is 1. The molecule has 1 aromatic carbocycles. The molecule has 1 aliphatic rings. The third-order valence-electron chi connectivity index (χ3n) is 4.59. The number of piperidine rings is 1. The van der Waals surface area contributed by atoms with E-state index in [4.69, 9.17) is 23.2 Å². The molecule has 1 aromatic heterocycles. The van der Waals surface area contributed by atoms with Crippen LogP contribution in [-0.2, 0) is 0 Å². The lowest BCUT2D eigenvalue weighted by Gasteiger charge is -2.31. The Morgan fingerprint density at radius 3 is 2.69 bits per heavy atom. The van der Waals surface area contributed by atoms with Crippen molar-refractivity contribution in [2.75, 3.05) is 26.7 Å². The van der Waals surface area contributed by atoms with E-state index in [0.29, 0.717) is 21.7 Å². The van der Waals surface area contributed by atoms with E-state index in [-0.39, 0.29) is 18.3 Å². The summed E-state index contributed by atoms with van der Waals surface area (Å²) in [6, 6.07) is 5.40. The molecular formula is C18H22Cl3N3OS. The minimum absolute atomic E-state index is 0. The van der Waals surface area contributed by atoms with Crippen LogP contribution >= 0.6 is 46.9 Å². The molecule has 2 aromatic rings. The topological polar surface area (TPSA) is 45.2 Å². The van der Waals surface area contributed by atoms with Gasteiger partial charge in [0.15, 0.2) is 0 Å². The molecule has 1 saturated heterocycles. The molecule has 1 N–H and O–H groups in total. The highest BCUT2D eigenvalue weighted by atomic mass is 35.5. The molecule has 3 rings (SSSR count). The number of amides is 1. The molecule has 8 heteroatoms. The minimum atomic E-state index is 0. The van der Waals surface area contributed by atoms with Crippen LogP contribution in [0.3, 0.4) is 0 Å². The number of carbonyl (C=O) groups excluding carboxylic acids is 1. The number of nitrogens with one attached hydrogen (secondary N) is 1. The molecule has 0 bridgehead atoms. The number of aromatic nitrogens is 1. The summed E-state index contributed by atoms with van der Waals surface area (Å²) in [6.45, 7) is 2.66. The van der Waals surface area contributed by atoms with Gasteiger partial charge < -0.3 is 10.2 Å². The summed E-state index contributed by atoms with van der Waals surface area (Å²) in [5.41, 5.74) is 1.39. The second kappa shape index (κ2) is 9.90. The van der Waals surface area contributed by atoms with Gasteiger partial charge in [-0.2, -0.15) is 0 Å². The highest BCUT2D eigenvalue weighted by Gasteiger charge is 2.25. The highest BCUT2D eigenvalue weighted by Crippen LogP contribution is 2.31. The maximum atomic E-state index is 12.7. The van der Waals surface area contributed by atoms with Gasteiger partial charge in [-0.3, -0.25) is 4.79 Å². The number of hydrogen-bond donors (Lipinski definition) is 1. The van der Waals surface area contributed by atoms with Crippen LogP contribution in [0, 0.1) is 5.92 Å². The van der Waals surface area contributed by atoms with E-state index in [1.807, 2.05) is 23.4 Å². The Labute approximate surface area is 174 Å². The van der Waals surface area contributed by atoms with Crippen LogP contribution in [0.2, 0.25) is 10.0 Å². The zero-order valence-electron chi connectivity index (χ0n) is 14.5. The van der Waals surface area contributed by atoms with Crippen LogP contribution in [0.25, 0.3) is 10.6 Å². The molecule has 0 unspecified atom stereocenters. The van der Waals surface area contributed by atoms with Crippen molar-refractivity contribution in [3.8, 4) is 10.6 Å². The van der Waals surface area contributed by atoms with Crippen molar-refractivity contribution in [1.29, 1.82) is 0 Å². The number of halogens is 3. The summed E-state index contributed by atoms with van der Waals surface area (Å²) >= 11 is 13.5. The first-order valence-electron chi connectivity index (χ1n) is 8.43. The van der Waals surface area contributed by atoms with Crippen molar-refractivity contribution in [1.82, 2.24) is 15.2 Å². The van der Waals surface area contributed by atoms with Gasteiger partial charge in [-0.1, -0.05) is 29.3 Å². The predicted molar refractivity (Wildman–Crippen MR) is 112 cm³/mol. The van der Waals surface area contributed by atoms with E-state index in [2.05, 4.69) is 10.3 Å². The Balaban J connectivity index is 0.00000243. The van der Waals surface area contributed by atoms with Crippen molar-refractivity contribution >= 4 is 52.9 Å². The summed E-state index contributed by atoms with van der Waals surface area (Å²) < 4.78 is 0. The van der Waals surface area contributed by atoms with Gasteiger partial charge in [-0.15, -0.1) is 23.7 Å². The fourth-order valence-corrected chi connectivity index (χ4v) is 4.16. The maximum Gasteiger partial charge on any atom is 0.273 e. The largest absolute Gasteiger partial charge is 0.337 e. The Morgan fingerprint density at radius 1 is 1.31 bits per heavy atom. The SMILES string of the molecule is CNCCC1CCN(C(=O)c2csc(-c3ccc(Cl)c(Cl)c3)n2)CC1.Cl. The number of likely N-dealkylation sites (tertiary alicyclic amines) is 1. The zero-order chi connectivity index (χ0) is 17.8. The first-order valence-corrected chi connectivity index (χ1v) is 10.1. The lowest BCUT2D eigenvalue weighted by atomic mass is 9.93. The Kier molecular flexibility index (Phi) is 8.17. The van der Waals surface area contributed by atoms with Gasteiger partial charge in [-0.05, 0) is 50.9 Å². The molecule has 1 aliphatic heterocycles. The third kappa shape index (κ3) is 5.11. The molecule has 0 aliphatic carbocycles. The molecule has 1 amide bonds. The fourth-order valence-electron chi connectivity index (χ4n) is 3.07. The van der Waals surface area contributed by atoms with Crippen molar-refractivity contribution in [2.24, 2.45) is 5.92 Å². The summed E-state index contributed by atoms with van der Waals surface area (Å²) in [5, 5.41) is 6.81. The smallest absolute Gasteiger partial charge is 0.273 e. The standard InChI is InChI=1S/C18H21Cl2N3OS.ClH/c1-21-7-4-12-5-8-23(9-6-12)18(24)16-11-25-17(22-16)13-2-3-14(19)15(20)10-13;/h2-3,10-12,21H,4-9H2,1H3;1H. The number of thiazole rings is 1. The molecule has 4 nitrogen and oxygen atoms in total. The molecule has 2 heterocycles. The second-order valence-corrected chi connectivity index (χ2v) is 7.97. The summed E-state index contributed by atoms with van der Waals surface area (Å²) in [6.07, 6.45) is 3.31. The maximum absolute atomic E-state index is 12.7. The van der Waals surface area contributed by atoms with Gasteiger partial charge in [-0.25, -0.2) is 4.98 Å². The molecule has 0 atom stereocenters. The lowest BCUT2D eigenvalue weighted by molar-refractivity contribution is 0.0682. The fraction of sp³-hybridized carbons (Fsp3) is 0.444. The first-order chi connectivity index (χ1) is 12.1. The van der Waals surface area contributed by atoms with Crippen molar-refractivity contribution < 1.29 is 4.79 Å². The van der Waals surface area contributed by atoms with Crippen LogP contribution in [0.4, 0.5) is 0 Å². The quantitative estimate of drug-likeness (QED) is 0.720. The van der Waals surface area contributed by atoms with E-state index < -0.39 is 0 Å². The summed E-state index contributed by atoms with van der Waals surface area (Å²) in [7, 11) is 1.98. The van der Waals surface area contributed by atoms with Gasteiger partial charge >= 0.3 is 0 Å². The lowest BCUT2D eigenvalue weighted by Crippen LogP contribution is -2.39. The molecule has 0 radical (unpaired) electrons. The van der Waals surface area contributed by atoms with Crippen molar-refractivity contribution in [3.63, 3.8) is 0 Å². The highest BCUT2D eigenvalue weighted by molar-refractivity contribution is 7.13. The van der Waals surface area contributed by atoms with E-state index in [0.717, 1.165) is 43.0 Å². The van der Waals surface area contributed by atoms with E-state index in [9.17, 15) is 4.79 Å². The first kappa shape index (κ1) is 21.5. The van der Waals surface area contributed by atoms with Gasteiger partial charge in [0.1, 0.15) is 10.7 Å². The summed E-state index contributed by atoms with van der Waals surface area (Å²) in [4.78, 5) is 19.1. The Hall–Kier alpha value is -0.850. The van der Waals surface area contributed by atoms with Crippen molar-refractivity contribution in [2.45, 2.75) is 19.3 Å². The van der Waals surface area contributed by atoms with Crippen molar-refractivity contribution in [3.05, 3.63) is 39.3 Å². The van der Waals surface area contributed by atoms with Crippen LogP contribution in [0.1, 0.15) is 29.8 Å². The number of hydrogen-bond acceptors (Lipinski definition) is 4. The second-order valence-electron chi connectivity index (χ2n) is 6.29. The Bertz CT molecular complexity index is 745. The van der Waals surface area contributed by atoms with E-state index in [1.54, 1.807) is 12.1 Å². The van der Waals surface area contributed by atoms with Gasteiger partial charge in [0.2, 0.25) is 0 Å². The molecule has 26 heavy (non-hydrogen) atoms. The number of rotatable bonds is 5. The van der Waals surface area contributed by atoms with Gasteiger partial charge in [0.05, 0.1) is 10.0 Å². The van der Waals surface area contributed by atoms with Crippen LogP contribution < -0.4 is 5.32 Å². The number of carbonyl (C=O) groups is 1. The van der Waals surface area contributed by atoms with Crippen LogP contribution in [-0.4, -0.2) is 42.5 Å². The molecule has 0 saturated carbocycles. The predicted octanol–water partition coefficient (Wildman–Crippen LogP) is 5.00. The zero-order valence-corrected chi connectivity index (χ0v) is 17.6. The normalized spacial score (nSPS) is 15.0. The molecule has 1 fully saturated rings. The molecule has 0 spiro atoms. The van der Waals surface area contributed by atoms with E-state index in [1.165, 1.54) is 17.8 Å². The molecular weight excluding hydrogens is 413 g/mol. The summed E-state index contributed by atoms with van der Waals surface area (Å²) in [5.74, 6) is 0.730. The minimum Gasteiger partial charge on any atom is -0.337 e. The number of nitrogens with zero attached hydrogens (tertiary/aromatic N) is 2. The average Bonchev–Trinajstić information content (AvgIpc) is 3.12.